The molecular weight excluding hydrogens is 506 g/mol. The van der Waals surface area contributed by atoms with E-state index in [1.54, 1.807) is 12.1 Å². The van der Waals surface area contributed by atoms with Gasteiger partial charge in [0.1, 0.15) is 0 Å². The summed E-state index contributed by atoms with van der Waals surface area (Å²) in [6.45, 7) is 6.91. The van der Waals surface area contributed by atoms with Crippen LogP contribution in [0.25, 0.3) is 0 Å². The Kier molecular flexibility index (Phi) is 12.4. The number of piperazine rings is 1. The van der Waals surface area contributed by atoms with Crippen molar-refractivity contribution in [3.05, 3.63) is 54.1 Å². The van der Waals surface area contributed by atoms with Crippen molar-refractivity contribution < 1.29 is 8.42 Å². The summed E-state index contributed by atoms with van der Waals surface area (Å²) in [5.74, 6) is 0. The number of hydrogen-bond donors (Lipinski definition) is 4. The molecule has 39 heavy (non-hydrogen) atoms. The summed E-state index contributed by atoms with van der Waals surface area (Å²) >= 11 is 0. The zero-order valence-electron chi connectivity index (χ0n) is 23.6. The molecule has 0 amide bonds. The summed E-state index contributed by atoms with van der Waals surface area (Å²) in [6, 6.07) is 16.1. The van der Waals surface area contributed by atoms with E-state index in [2.05, 4.69) is 37.7 Å². The number of anilines is 2. The van der Waals surface area contributed by atoms with Crippen LogP contribution in [-0.4, -0.2) is 58.6 Å². The van der Waals surface area contributed by atoms with Gasteiger partial charge in [-0.2, -0.15) is 0 Å². The molecule has 7 nitrogen and oxygen atoms in total. The minimum absolute atomic E-state index is 0.320. The van der Waals surface area contributed by atoms with Crippen LogP contribution in [0.2, 0.25) is 0 Å². The quantitative estimate of drug-likeness (QED) is 0.203. The second kappa shape index (κ2) is 16.2. The summed E-state index contributed by atoms with van der Waals surface area (Å²) in [5.41, 5.74) is 2.98. The largest absolute Gasteiger partial charge is 0.381 e. The van der Waals surface area contributed by atoms with Crippen LogP contribution in [0.3, 0.4) is 0 Å². The highest BCUT2D eigenvalue weighted by Gasteiger charge is 2.19. The maximum atomic E-state index is 13.1. The van der Waals surface area contributed by atoms with Crippen molar-refractivity contribution in [3.8, 4) is 0 Å². The van der Waals surface area contributed by atoms with E-state index in [0.717, 1.165) is 55.7 Å². The van der Waals surface area contributed by atoms with E-state index in [-0.39, 0.29) is 0 Å². The molecule has 2 aromatic rings. The number of rotatable bonds is 16. The van der Waals surface area contributed by atoms with E-state index >= 15 is 0 Å². The molecule has 1 saturated carbocycles. The second-order valence-electron chi connectivity index (χ2n) is 11.1. The Labute approximate surface area is 236 Å². The normalized spacial score (nSPS) is 17.2. The molecule has 1 saturated heterocycles. The molecule has 4 rings (SSSR count). The molecule has 2 fully saturated rings. The van der Waals surface area contributed by atoms with Crippen molar-refractivity contribution in [3.63, 3.8) is 0 Å². The molecule has 2 aliphatic rings. The molecule has 1 aliphatic heterocycles. The molecule has 0 aromatic heterocycles. The highest BCUT2D eigenvalue weighted by atomic mass is 32.2. The molecule has 2 aromatic carbocycles. The molecule has 0 spiro atoms. The number of nitrogens with one attached hydrogen (secondary N) is 4. The van der Waals surface area contributed by atoms with Crippen molar-refractivity contribution in [2.45, 2.75) is 88.1 Å². The fraction of sp³-hybridized carbons (Fsp3) is 0.613. The first-order chi connectivity index (χ1) is 19.1. The van der Waals surface area contributed by atoms with E-state index in [1.807, 2.05) is 24.3 Å². The Morgan fingerprint density at radius 1 is 0.821 bits per heavy atom. The third-order valence-electron chi connectivity index (χ3n) is 7.99. The van der Waals surface area contributed by atoms with Gasteiger partial charge in [-0.25, -0.2) is 13.1 Å². The Bertz CT molecular complexity index is 1070. The van der Waals surface area contributed by atoms with Crippen LogP contribution in [0.15, 0.2) is 53.4 Å². The van der Waals surface area contributed by atoms with Gasteiger partial charge in [0, 0.05) is 45.3 Å². The van der Waals surface area contributed by atoms with Crippen molar-refractivity contribution >= 4 is 21.4 Å². The SMILES string of the molecule is O=S(=O)(NCCCCCCCCN1CCNCC1)c1ccc(NC2CCCCC2)c(NCc2ccccc2)c1. The Morgan fingerprint density at radius 2 is 1.54 bits per heavy atom. The first-order valence-corrected chi connectivity index (χ1v) is 16.7. The van der Waals surface area contributed by atoms with Crippen LogP contribution in [0, 0.1) is 0 Å². The second-order valence-corrected chi connectivity index (χ2v) is 12.9. The molecule has 8 heteroatoms. The van der Waals surface area contributed by atoms with Crippen molar-refractivity contribution in [2.75, 3.05) is 49.9 Å². The smallest absolute Gasteiger partial charge is 0.240 e. The lowest BCUT2D eigenvalue weighted by Gasteiger charge is -2.27. The summed E-state index contributed by atoms with van der Waals surface area (Å²) < 4.78 is 29.1. The Morgan fingerprint density at radius 3 is 2.31 bits per heavy atom. The van der Waals surface area contributed by atoms with E-state index < -0.39 is 10.0 Å². The molecule has 0 radical (unpaired) electrons. The van der Waals surface area contributed by atoms with Crippen LogP contribution >= 0.6 is 0 Å². The number of unbranched alkanes of at least 4 members (excludes halogenated alkanes) is 5. The van der Waals surface area contributed by atoms with Gasteiger partial charge in [-0.05, 0) is 56.0 Å². The van der Waals surface area contributed by atoms with Crippen LogP contribution in [0.5, 0.6) is 0 Å². The highest BCUT2D eigenvalue weighted by molar-refractivity contribution is 7.89. The van der Waals surface area contributed by atoms with E-state index in [4.69, 9.17) is 0 Å². The van der Waals surface area contributed by atoms with Gasteiger partial charge in [0.2, 0.25) is 10.0 Å². The molecular formula is C31H49N5O2S. The number of nitrogens with zero attached hydrogens (tertiary/aromatic N) is 1. The minimum Gasteiger partial charge on any atom is -0.381 e. The summed E-state index contributed by atoms with van der Waals surface area (Å²) in [5, 5.41) is 10.6. The van der Waals surface area contributed by atoms with Gasteiger partial charge in [-0.1, -0.05) is 75.3 Å². The van der Waals surface area contributed by atoms with Crippen LogP contribution in [0.4, 0.5) is 11.4 Å². The number of benzene rings is 2. The summed E-state index contributed by atoms with van der Waals surface area (Å²) in [7, 11) is -3.56. The standard InChI is InChI=1S/C31H49N5O2S/c37-39(38,34-19-11-3-1-2-4-12-22-36-23-20-32-21-24-36)29-17-18-30(35-28-15-9-6-10-16-28)31(25-29)33-26-27-13-7-5-8-14-27/h5,7-8,13-14,17-18,25,28,32-35H,1-4,6,9-12,15-16,19-24,26H2. The molecule has 0 atom stereocenters. The van der Waals surface area contributed by atoms with Gasteiger partial charge in [-0.15, -0.1) is 0 Å². The topological polar surface area (TPSA) is 85.5 Å². The third kappa shape index (κ3) is 10.4. The Balaban J connectivity index is 1.23. The van der Waals surface area contributed by atoms with Gasteiger partial charge in [0.15, 0.2) is 0 Å². The lowest BCUT2D eigenvalue weighted by atomic mass is 9.95. The molecule has 0 unspecified atom stereocenters. The third-order valence-corrected chi connectivity index (χ3v) is 9.45. The average Bonchev–Trinajstić information content (AvgIpc) is 2.97. The molecule has 0 bridgehead atoms. The lowest BCUT2D eigenvalue weighted by molar-refractivity contribution is 0.236. The zero-order chi connectivity index (χ0) is 27.2. The lowest BCUT2D eigenvalue weighted by Crippen LogP contribution is -2.43. The first kappa shape index (κ1) is 29.8. The monoisotopic (exact) mass is 555 g/mol. The maximum Gasteiger partial charge on any atom is 0.240 e. The van der Waals surface area contributed by atoms with Crippen molar-refractivity contribution in [1.29, 1.82) is 0 Å². The van der Waals surface area contributed by atoms with Crippen molar-refractivity contribution in [1.82, 2.24) is 14.9 Å². The molecule has 4 N–H and O–H groups in total. The van der Waals surface area contributed by atoms with E-state index in [1.165, 1.54) is 64.6 Å². The Hall–Kier alpha value is -2.13. The van der Waals surface area contributed by atoms with Crippen molar-refractivity contribution in [2.24, 2.45) is 0 Å². The zero-order valence-corrected chi connectivity index (χ0v) is 24.4. The van der Waals surface area contributed by atoms with Crippen LogP contribution in [0.1, 0.15) is 76.2 Å². The van der Waals surface area contributed by atoms with Crippen LogP contribution in [-0.2, 0) is 16.6 Å². The van der Waals surface area contributed by atoms with Gasteiger partial charge >= 0.3 is 0 Å². The predicted molar refractivity (Wildman–Crippen MR) is 163 cm³/mol. The van der Waals surface area contributed by atoms with Gasteiger partial charge in [0.05, 0.1) is 16.3 Å². The summed E-state index contributed by atoms with van der Waals surface area (Å²) in [4.78, 5) is 2.87. The van der Waals surface area contributed by atoms with Gasteiger partial charge in [-0.3, -0.25) is 0 Å². The average molecular weight is 556 g/mol. The molecule has 1 aliphatic carbocycles. The maximum absolute atomic E-state index is 13.1. The highest BCUT2D eigenvalue weighted by Crippen LogP contribution is 2.30. The number of sulfonamides is 1. The fourth-order valence-corrected chi connectivity index (χ4v) is 6.71. The van der Waals surface area contributed by atoms with E-state index in [9.17, 15) is 8.42 Å². The van der Waals surface area contributed by atoms with Gasteiger partial charge in [0.25, 0.3) is 0 Å². The predicted octanol–water partition coefficient (Wildman–Crippen LogP) is 5.57. The first-order valence-electron chi connectivity index (χ1n) is 15.2. The van der Waals surface area contributed by atoms with Crippen LogP contribution < -0.4 is 20.7 Å². The minimum atomic E-state index is -3.56. The summed E-state index contributed by atoms with van der Waals surface area (Å²) in [6.07, 6.45) is 13.0. The number of hydrogen-bond acceptors (Lipinski definition) is 6. The molecule has 216 valence electrons. The van der Waals surface area contributed by atoms with Gasteiger partial charge < -0.3 is 20.9 Å². The van der Waals surface area contributed by atoms with E-state index in [0.29, 0.717) is 24.0 Å². The fourth-order valence-electron chi connectivity index (χ4n) is 5.61. The molecule has 1 heterocycles.